The van der Waals surface area contributed by atoms with E-state index in [2.05, 4.69) is 15.0 Å². The zero-order valence-corrected chi connectivity index (χ0v) is 10.1. The minimum absolute atomic E-state index is 0.0911. The average Bonchev–Trinajstić information content (AvgIpc) is 2.92. The van der Waals surface area contributed by atoms with E-state index >= 15 is 0 Å². The van der Waals surface area contributed by atoms with Crippen molar-refractivity contribution in [3.8, 4) is 0 Å². The van der Waals surface area contributed by atoms with Gasteiger partial charge in [-0.3, -0.25) is 4.57 Å². The van der Waals surface area contributed by atoms with E-state index in [0.717, 1.165) is 17.2 Å². The molecule has 0 spiro atoms. The lowest BCUT2D eigenvalue weighted by Gasteiger charge is -2.22. The summed E-state index contributed by atoms with van der Waals surface area (Å²) < 4.78 is 20.5. The highest BCUT2D eigenvalue weighted by molar-refractivity contribution is 5.81. The molecule has 0 bridgehead atoms. The summed E-state index contributed by atoms with van der Waals surface area (Å²) in [5.74, 6) is -3.01. The Balaban J connectivity index is 2.10. The van der Waals surface area contributed by atoms with Crippen LogP contribution in [-0.4, -0.2) is 59.5 Å². The lowest BCUT2D eigenvalue weighted by molar-refractivity contribution is -0.195. The summed E-state index contributed by atoms with van der Waals surface area (Å²) in [5, 5.41) is 28.4. The van der Waals surface area contributed by atoms with E-state index in [1.54, 1.807) is 0 Å². The van der Waals surface area contributed by atoms with Crippen LogP contribution in [0.5, 0.6) is 0 Å². The number of aliphatic hydroxyl groups is 3. The van der Waals surface area contributed by atoms with Crippen molar-refractivity contribution in [1.29, 1.82) is 0 Å². The van der Waals surface area contributed by atoms with E-state index in [-0.39, 0.29) is 17.0 Å². The zero-order chi connectivity index (χ0) is 14.5. The van der Waals surface area contributed by atoms with Crippen LogP contribution >= 0.6 is 0 Å². The molecule has 1 saturated heterocycles. The molecule has 9 nitrogen and oxygen atoms in total. The van der Waals surface area contributed by atoms with Gasteiger partial charge in [0.15, 0.2) is 17.7 Å². The van der Waals surface area contributed by atoms with E-state index in [1.165, 1.54) is 0 Å². The molecular formula is C10H12FN5O4. The van der Waals surface area contributed by atoms with Gasteiger partial charge < -0.3 is 25.8 Å². The molecule has 2 aromatic heterocycles. The first-order chi connectivity index (χ1) is 9.46. The second-order valence-corrected chi connectivity index (χ2v) is 4.46. The molecule has 0 radical (unpaired) electrons. The number of ether oxygens (including phenoxy) is 1. The van der Waals surface area contributed by atoms with Crippen LogP contribution in [0.3, 0.4) is 0 Å². The van der Waals surface area contributed by atoms with Crippen LogP contribution in [0.25, 0.3) is 11.2 Å². The highest BCUT2D eigenvalue weighted by Crippen LogP contribution is 2.40. The van der Waals surface area contributed by atoms with E-state index in [9.17, 15) is 14.6 Å². The molecular weight excluding hydrogens is 273 g/mol. The third-order valence-electron chi connectivity index (χ3n) is 3.24. The van der Waals surface area contributed by atoms with Crippen molar-refractivity contribution in [3.63, 3.8) is 0 Å². The number of alkyl halides is 1. The van der Waals surface area contributed by atoms with Crippen molar-refractivity contribution in [2.75, 3.05) is 12.3 Å². The Morgan fingerprint density at radius 3 is 2.85 bits per heavy atom. The average molecular weight is 285 g/mol. The second kappa shape index (κ2) is 4.31. The van der Waals surface area contributed by atoms with Crippen LogP contribution in [0.15, 0.2) is 12.7 Å². The largest absolute Gasteiger partial charge is 0.394 e. The molecule has 1 aliphatic rings. The molecule has 0 aliphatic carbocycles. The number of rotatable bonds is 2. The Morgan fingerprint density at radius 2 is 2.20 bits per heavy atom. The smallest absolute Gasteiger partial charge is 0.281 e. The Labute approximate surface area is 111 Å². The van der Waals surface area contributed by atoms with Gasteiger partial charge in [-0.05, 0) is 0 Å². The molecule has 108 valence electrons. The number of nitrogen functional groups attached to an aromatic ring is 1. The van der Waals surface area contributed by atoms with Crippen LogP contribution in [0.2, 0.25) is 0 Å². The molecule has 0 saturated carbocycles. The number of nitrogens with two attached hydrogens (primary N) is 1. The molecule has 3 heterocycles. The lowest BCUT2D eigenvalue weighted by Crippen LogP contribution is -2.43. The summed E-state index contributed by atoms with van der Waals surface area (Å²) in [6.45, 7) is -0.645. The monoisotopic (exact) mass is 285 g/mol. The molecule has 20 heavy (non-hydrogen) atoms. The fraction of sp³-hybridized carbons (Fsp3) is 0.500. The Morgan fingerprint density at radius 1 is 1.45 bits per heavy atom. The molecule has 0 aromatic carbocycles. The van der Waals surface area contributed by atoms with Crippen molar-refractivity contribution in [2.45, 2.75) is 24.3 Å². The van der Waals surface area contributed by atoms with Crippen molar-refractivity contribution in [2.24, 2.45) is 0 Å². The predicted octanol–water partition coefficient (Wildman–Crippen LogP) is -1.68. The van der Waals surface area contributed by atoms with Gasteiger partial charge in [-0.1, -0.05) is 0 Å². The van der Waals surface area contributed by atoms with Gasteiger partial charge in [-0.15, -0.1) is 0 Å². The number of aromatic nitrogens is 4. The highest BCUT2D eigenvalue weighted by atomic mass is 19.2. The van der Waals surface area contributed by atoms with Crippen LogP contribution in [-0.2, 0) is 4.74 Å². The molecule has 0 amide bonds. The quantitative estimate of drug-likeness (QED) is 0.513. The maximum Gasteiger partial charge on any atom is 0.281 e. The van der Waals surface area contributed by atoms with Crippen molar-refractivity contribution in [1.82, 2.24) is 19.5 Å². The van der Waals surface area contributed by atoms with Gasteiger partial charge in [0.05, 0.1) is 12.9 Å². The molecule has 10 heteroatoms. The lowest BCUT2D eigenvalue weighted by atomic mass is 10.1. The summed E-state index contributed by atoms with van der Waals surface area (Å²) in [7, 11) is 0. The van der Waals surface area contributed by atoms with Crippen LogP contribution in [0.4, 0.5) is 10.2 Å². The minimum atomic E-state index is -3.10. The van der Waals surface area contributed by atoms with E-state index in [0.29, 0.717) is 0 Å². The van der Waals surface area contributed by atoms with E-state index in [4.69, 9.17) is 15.6 Å². The highest BCUT2D eigenvalue weighted by Gasteiger charge is 2.57. The number of fused-ring (bicyclic) bond motifs is 1. The first-order valence-electron chi connectivity index (χ1n) is 5.75. The normalized spacial score (nSPS) is 33.9. The van der Waals surface area contributed by atoms with Crippen LogP contribution < -0.4 is 5.73 Å². The molecule has 1 fully saturated rings. The Kier molecular flexibility index (Phi) is 2.83. The fourth-order valence-corrected chi connectivity index (χ4v) is 2.19. The number of anilines is 1. The summed E-state index contributed by atoms with van der Waals surface area (Å²) in [5.41, 5.74) is 5.96. The van der Waals surface area contributed by atoms with Gasteiger partial charge in [0.1, 0.15) is 24.1 Å². The maximum absolute atomic E-state index is 14.2. The van der Waals surface area contributed by atoms with Gasteiger partial charge in [-0.25, -0.2) is 19.3 Å². The number of hydrogen-bond donors (Lipinski definition) is 4. The molecule has 1 aliphatic heterocycles. The Hall–Kier alpha value is -1.88. The zero-order valence-electron chi connectivity index (χ0n) is 10.1. The number of aliphatic hydroxyl groups excluding tert-OH is 2. The summed E-state index contributed by atoms with van der Waals surface area (Å²) in [6.07, 6.45) is -2.44. The third kappa shape index (κ3) is 1.66. The SMILES string of the molecule is Nc1ncnc2c1ncn2[C@@H]1O[C@H](CO)[C@@H](O)[C@@]1(O)F. The summed E-state index contributed by atoms with van der Waals surface area (Å²) >= 11 is 0. The molecule has 3 rings (SSSR count). The standard InChI is InChI=1S/C10H12FN5O4/c11-10(19)6(18)4(1-17)20-9(10)16-3-15-5-7(12)13-2-14-8(5)16/h2-4,6,9,17-19H,1H2,(H2,12,13,14)/t4-,6-,9-,10+/m1/s1. The molecule has 5 N–H and O–H groups in total. The first kappa shape index (κ1) is 13.1. The molecule has 4 atom stereocenters. The predicted molar refractivity (Wildman–Crippen MR) is 62.8 cm³/mol. The fourth-order valence-electron chi connectivity index (χ4n) is 2.19. The van der Waals surface area contributed by atoms with Gasteiger partial charge in [0.2, 0.25) is 0 Å². The summed E-state index contributed by atoms with van der Waals surface area (Å²) in [4.78, 5) is 11.5. The van der Waals surface area contributed by atoms with Gasteiger partial charge in [0.25, 0.3) is 5.85 Å². The van der Waals surface area contributed by atoms with Crippen LogP contribution in [0.1, 0.15) is 6.23 Å². The summed E-state index contributed by atoms with van der Waals surface area (Å²) in [6, 6.07) is 0. The number of hydrogen-bond acceptors (Lipinski definition) is 8. The Bertz CT molecular complexity index is 648. The van der Waals surface area contributed by atoms with Crippen molar-refractivity contribution < 1.29 is 24.4 Å². The topological polar surface area (TPSA) is 140 Å². The van der Waals surface area contributed by atoms with Gasteiger partial charge in [-0.2, -0.15) is 0 Å². The number of nitrogens with zero attached hydrogens (tertiary/aromatic N) is 4. The van der Waals surface area contributed by atoms with Crippen molar-refractivity contribution in [3.05, 3.63) is 12.7 Å². The molecule has 2 aromatic rings. The van der Waals surface area contributed by atoms with Gasteiger partial charge in [0, 0.05) is 0 Å². The van der Waals surface area contributed by atoms with E-state index in [1.807, 2.05) is 0 Å². The maximum atomic E-state index is 14.2. The number of halogens is 1. The van der Waals surface area contributed by atoms with Crippen molar-refractivity contribution >= 4 is 17.0 Å². The first-order valence-corrected chi connectivity index (χ1v) is 5.75. The van der Waals surface area contributed by atoms with Crippen LogP contribution in [0, 0.1) is 0 Å². The number of imidazole rings is 1. The third-order valence-corrected chi connectivity index (χ3v) is 3.24. The van der Waals surface area contributed by atoms with Gasteiger partial charge >= 0.3 is 0 Å². The van der Waals surface area contributed by atoms with E-state index < -0.39 is 30.9 Å². The second-order valence-electron chi connectivity index (χ2n) is 4.46. The molecule has 0 unspecified atom stereocenters. The minimum Gasteiger partial charge on any atom is -0.394 e.